The quantitative estimate of drug-likeness (QED) is 0.697. The van der Waals surface area contributed by atoms with Gasteiger partial charge in [0.25, 0.3) is 5.91 Å². The van der Waals surface area contributed by atoms with E-state index in [0.717, 1.165) is 19.4 Å². The summed E-state index contributed by atoms with van der Waals surface area (Å²) < 4.78 is 5.50. The van der Waals surface area contributed by atoms with E-state index in [-0.39, 0.29) is 18.6 Å². The Hall–Kier alpha value is -0.650. The summed E-state index contributed by atoms with van der Waals surface area (Å²) in [5.74, 6) is 0.0929. The summed E-state index contributed by atoms with van der Waals surface area (Å²) in [4.78, 5) is 14.2. The SMILES string of the molecule is O=C(C1CNCCO1)N(CCCO)C1CCC1. The third kappa shape index (κ3) is 3.18. The number of rotatable bonds is 5. The molecule has 5 heteroatoms. The standard InChI is InChI=1S/C12H22N2O3/c15-7-2-6-14(10-3-1-4-10)12(16)11-9-13-5-8-17-11/h10-11,13,15H,1-9H2. The average Bonchev–Trinajstić information content (AvgIpc) is 2.32. The van der Waals surface area contributed by atoms with E-state index >= 15 is 0 Å². The molecular weight excluding hydrogens is 220 g/mol. The minimum absolute atomic E-state index is 0.0929. The molecule has 0 aromatic heterocycles. The molecule has 0 spiro atoms. The molecule has 2 fully saturated rings. The van der Waals surface area contributed by atoms with E-state index in [4.69, 9.17) is 9.84 Å². The van der Waals surface area contributed by atoms with Gasteiger partial charge < -0.3 is 20.1 Å². The predicted molar refractivity (Wildman–Crippen MR) is 63.7 cm³/mol. The topological polar surface area (TPSA) is 61.8 Å². The number of hydrogen-bond donors (Lipinski definition) is 2. The van der Waals surface area contributed by atoms with Crippen molar-refractivity contribution >= 4 is 5.91 Å². The van der Waals surface area contributed by atoms with Crippen molar-refractivity contribution in [1.82, 2.24) is 10.2 Å². The number of nitrogens with one attached hydrogen (secondary N) is 1. The van der Waals surface area contributed by atoms with E-state index < -0.39 is 0 Å². The minimum Gasteiger partial charge on any atom is -0.396 e. The number of hydrogen-bond acceptors (Lipinski definition) is 4. The molecule has 1 unspecified atom stereocenters. The van der Waals surface area contributed by atoms with Gasteiger partial charge in [0.15, 0.2) is 0 Å². The lowest BCUT2D eigenvalue weighted by Gasteiger charge is -2.40. The molecule has 0 radical (unpaired) electrons. The number of carbonyl (C=O) groups is 1. The number of amides is 1. The molecule has 1 aliphatic carbocycles. The molecule has 2 aliphatic rings. The first-order valence-electron chi connectivity index (χ1n) is 6.56. The second-order valence-corrected chi connectivity index (χ2v) is 4.76. The second kappa shape index (κ2) is 6.33. The van der Waals surface area contributed by atoms with Crippen molar-refractivity contribution in [3.63, 3.8) is 0 Å². The summed E-state index contributed by atoms with van der Waals surface area (Å²) >= 11 is 0. The number of morpholine rings is 1. The van der Waals surface area contributed by atoms with Crippen LogP contribution in [0.4, 0.5) is 0 Å². The molecular formula is C12H22N2O3. The van der Waals surface area contributed by atoms with E-state index in [1.165, 1.54) is 6.42 Å². The molecule has 0 aromatic rings. The van der Waals surface area contributed by atoms with Crippen molar-refractivity contribution < 1.29 is 14.6 Å². The van der Waals surface area contributed by atoms with Crippen molar-refractivity contribution in [3.05, 3.63) is 0 Å². The summed E-state index contributed by atoms with van der Waals surface area (Å²) in [5, 5.41) is 12.1. The molecule has 1 atom stereocenters. The highest BCUT2D eigenvalue weighted by atomic mass is 16.5. The zero-order valence-electron chi connectivity index (χ0n) is 10.2. The van der Waals surface area contributed by atoms with Gasteiger partial charge in [-0.1, -0.05) is 0 Å². The van der Waals surface area contributed by atoms with Gasteiger partial charge in [-0.2, -0.15) is 0 Å². The van der Waals surface area contributed by atoms with E-state index in [1.54, 1.807) is 0 Å². The number of aliphatic hydroxyl groups excluding tert-OH is 1. The minimum atomic E-state index is -0.331. The highest BCUT2D eigenvalue weighted by molar-refractivity contribution is 5.81. The van der Waals surface area contributed by atoms with Crippen LogP contribution in [0.3, 0.4) is 0 Å². The van der Waals surface area contributed by atoms with Crippen molar-refractivity contribution in [2.75, 3.05) is 32.8 Å². The summed E-state index contributed by atoms with van der Waals surface area (Å²) in [5.41, 5.74) is 0. The Kier molecular flexibility index (Phi) is 4.76. The van der Waals surface area contributed by atoms with Crippen LogP contribution in [0.1, 0.15) is 25.7 Å². The Morgan fingerprint density at radius 3 is 2.82 bits per heavy atom. The lowest BCUT2D eigenvalue weighted by Crippen LogP contribution is -2.54. The third-order valence-electron chi connectivity index (χ3n) is 3.56. The normalized spacial score (nSPS) is 25.4. The van der Waals surface area contributed by atoms with Crippen LogP contribution < -0.4 is 5.32 Å². The molecule has 0 bridgehead atoms. The number of nitrogens with zero attached hydrogens (tertiary/aromatic N) is 1. The van der Waals surface area contributed by atoms with Gasteiger partial charge in [0.05, 0.1) is 6.61 Å². The highest BCUT2D eigenvalue weighted by Crippen LogP contribution is 2.25. The highest BCUT2D eigenvalue weighted by Gasteiger charge is 2.33. The average molecular weight is 242 g/mol. The molecule has 2 rings (SSSR count). The van der Waals surface area contributed by atoms with Gasteiger partial charge in [-0.05, 0) is 25.7 Å². The lowest BCUT2D eigenvalue weighted by atomic mass is 9.91. The number of ether oxygens (including phenoxy) is 1. The summed E-state index contributed by atoms with van der Waals surface area (Å²) in [6.45, 7) is 2.83. The van der Waals surface area contributed by atoms with Crippen LogP contribution >= 0.6 is 0 Å². The van der Waals surface area contributed by atoms with Crippen molar-refractivity contribution in [1.29, 1.82) is 0 Å². The largest absolute Gasteiger partial charge is 0.396 e. The zero-order chi connectivity index (χ0) is 12.1. The maximum atomic E-state index is 12.3. The van der Waals surface area contributed by atoms with Gasteiger partial charge in [0, 0.05) is 32.3 Å². The summed E-state index contributed by atoms with van der Waals surface area (Å²) in [6, 6.07) is 0.375. The van der Waals surface area contributed by atoms with E-state index in [2.05, 4.69) is 5.32 Å². The predicted octanol–water partition coefficient (Wildman–Crippen LogP) is -0.262. The molecule has 1 aliphatic heterocycles. The first-order chi connectivity index (χ1) is 8.33. The molecule has 17 heavy (non-hydrogen) atoms. The van der Waals surface area contributed by atoms with Gasteiger partial charge in [0.1, 0.15) is 6.10 Å². The molecule has 0 aromatic carbocycles. The zero-order valence-corrected chi connectivity index (χ0v) is 10.2. The second-order valence-electron chi connectivity index (χ2n) is 4.76. The van der Waals surface area contributed by atoms with Gasteiger partial charge >= 0.3 is 0 Å². The van der Waals surface area contributed by atoms with Crippen LogP contribution in [0, 0.1) is 0 Å². The molecule has 1 heterocycles. The molecule has 5 nitrogen and oxygen atoms in total. The molecule has 2 N–H and O–H groups in total. The van der Waals surface area contributed by atoms with Crippen LogP contribution in [-0.2, 0) is 9.53 Å². The van der Waals surface area contributed by atoms with Crippen LogP contribution in [0.15, 0.2) is 0 Å². The fraction of sp³-hybridized carbons (Fsp3) is 0.917. The smallest absolute Gasteiger partial charge is 0.253 e. The first-order valence-corrected chi connectivity index (χ1v) is 6.56. The summed E-state index contributed by atoms with van der Waals surface area (Å²) in [6.07, 6.45) is 3.72. The maximum absolute atomic E-state index is 12.3. The van der Waals surface area contributed by atoms with Crippen molar-refractivity contribution in [2.45, 2.75) is 37.8 Å². The monoisotopic (exact) mass is 242 g/mol. The van der Waals surface area contributed by atoms with Crippen LogP contribution in [0.25, 0.3) is 0 Å². The van der Waals surface area contributed by atoms with Crippen molar-refractivity contribution in [2.24, 2.45) is 0 Å². The van der Waals surface area contributed by atoms with E-state index in [0.29, 0.717) is 32.2 Å². The number of aliphatic hydroxyl groups is 1. The molecule has 98 valence electrons. The molecule has 1 saturated carbocycles. The fourth-order valence-corrected chi connectivity index (χ4v) is 2.32. The van der Waals surface area contributed by atoms with Gasteiger partial charge in [-0.3, -0.25) is 4.79 Å². The Labute approximate surface area is 102 Å². The maximum Gasteiger partial charge on any atom is 0.253 e. The van der Waals surface area contributed by atoms with Crippen LogP contribution in [0.5, 0.6) is 0 Å². The third-order valence-corrected chi connectivity index (χ3v) is 3.56. The fourth-order valence-electron chi connectivity index (χ4n) is 2.32. The van der Waals surface area contributed by atoms with Gasteiger partial charge in [0.2, 0.25) is 0 Å². The molecule has 1 saturated heterocycles. The van der Waals surface area contributed by atoms with Gasteiger partial charge in [-0.15, -0.1) is 0 Å². The van der Waals surface area contributed by atoms with Gasteiger partial charge in [-0.25, -0.2) is 0 Å². The molecule has 1 amide bonds. The summed E-state index contributed by atoms with van der Waals surface area (Å²) in [7, 11) is 0. The Bertz CT molecular complexity index is 250. The van der Waals surface area contributed by atoms with Crippen LogP contribution in [-0.4, -0.2) is 60.9 Å². The first kappa shape index (κ1) is 12.8. The van der Waals surface area contributed by atoms with Crippen LogP contribution in [0.2, 0.25) is 0 Å². The Morgan fingerprint density at radius 1 is 1.47 bits per heavy atom. The Balaban J connectivity index is 1.90. The number of carbonyl (C=O) groups excluding carboxylic acids is 1. The van der Waals surface area contributed by atoms with Crippen molar-refractivity contribution in [3.8, 4) is 0 Å². The Morgan fingerprint density at radius 2 is 2.29 bits per heavy atom. The lowest BCUT2D eigenvalue weighted by molar-refractivity contribution is -0.149. The van der Waals surface area contributed by atoms with E-state index in [1.807, 2.05) is 4.90 Å². The van der Waals surface area contributed by atoms with E-state index in [9.17, 15) is 4.79 Å².